The first-order valence-electron chi connectivity index (χ1n) is 7.55. The number of halogens is 3. The molecule has 1 atom stereocenters. The van der Waals surface area contributed by atoms with Crippen molar-refractivity contribution in [2.45, 2.75) is 18.9 Å². The summed E-state index contributed by atoms with van der Waals surface area (Å²) < 4.78 is 2.03. The molecule has 24 heavy (non-hydrogen) atoms. The number of alkyl halides is 1. The van der Waals surface area contributed by atoms with Crippen molar-refractivity contribution in [2.24, 2.45) is 5.10 Å². The Bertz CT molecular complexity index is 760. The van der Waals surface area contributed by atoms with Gasteiger partial charge in [0.05, 0.1) is 11.8 Å². The minimum Gasteiger partial charge on any atom is -0.273 e. The van der Waals surface area contributed by atoms with E-state index in [0.717, 1.165) is 25.8 Å². The van der Waals surface area contributed by atoms with Crippen molar-refractivity contribution < 1.29 is 4.79 Å². The van der Waals surface area contributed by atoms with Gasteiger partial charge in [-0.05, 0) is 35.4 Å². The summed E-state index contributed by atoms with van der Waals surface area (Å²) in [6, 6.07) is 15.9. The van der Waals surface area contributed by atoms with E-state index in [1.54, 1.807) is 5.01 Å². The van der Waals surface area contributed by atoms with Gasteiger partial charge < -0.3 is 0 Å². The molecule has 0 saturated carbocycles. The molecule has 124 valence electrons. The van der Waals surface area contributed by atoms with Crippen molar-refractivity contribution in [1.29, 1.82) is 0 Å². The molecule has 0 spiro atoms. The Balaban J connectivity index is 1.92. The molecule has 3 rings (SSSR count). The monoisotopic (exact) mass is 468 g/mol. The SMILES string of the molecule is O=C(CCCl)N1N=C(c2ccc(Br)cc2)CC1c1ccc(Br)cc1. The van der Waals surface area contributed by atoms with Crippen molar-refractivity contribution in [2.75, 3.05) is 5.88 Å². The number of hydrogen-bond acceptors (Lipinski definition) is 2. The van der Waals surface area contributed by atoms with Gasteiger partial charge >= 0.3 is 0 Å². The molecule has 0 aromatic heterocycles. The molecule has 0 bridgehead atoms. The third kappa shape index (κ3) is 3.90. The third-order valence-electron chi connectivity index (χ3n) is 3.91. The zero-order chi connectivity index (χ0) is 17.1. The first-order valence-corrected chi connectivity index (χ1v) is 9.67. The van der Waals surface area contributed by atoms with Gasteiger partial charge in [0.1, 0.15) is 0 Å². The number of carbonyl (C=O) groups excluding carboxylic acids is 1. The average Bonchev–Trinajstić information content (AvgIpc) is 3.02. The maximum Gasteiger partial charge on any atom is 0.244 e. The fraction of sp³-hybridized carbons (Fsp3) is 0.222. The van der Waals surface area contributed by atoms with E-state index in [0.29, 0.717) is 12.3 Å². The van der Waals surface area contributed by atoms with E-state index in [-0.39, 0.29) is 18.4 Å². The lowest BCUT2D eigenvalue weighted by molar-refractivity contribution is -0.132. The second-order valence-corrected chi connectivity index (χ2v) is 7.71. The van der Waals surface area contributed by atoms with Gasteiger partial charge in [-0.25, -0.2) is 5.01 Å². The maximum absolute atomic E-state index is 12.4. The van der Waals surface area contributed by atoms with Crippen molar-refractivity contribution in [3.05, 3.63) is 68.6 Å². The Morgan fingerprint density at radius 1 is 1.08 bits per heavy atom. The van der Waals surface area contributed by atoms with Crippen LogP contribution in [0.15, 0.2) is 62.6 Å². The summed E-state index contributed by atoms with van der Waals surface area (Å²) in [6.07, 6.45) is 0.975. The molecule has 0 radical (unpaired) electrons. The van der Waals surface area contributed by atoms with Crippen LogP contribution in [-0.4, -0.2) is 22.5 Å². The molecule has 1 heterocycles. The molecule has 6 heteroatoms. The Hall–Kier alpha value is -1.17. The van der Waals surface area contributed by atoms with Gasteiger partial charge in [0.2, 0.25) is 5.91 Å². The number of nitrogens with zero attached hydrogens (tertiary/aromatic N) is 2. The lowest BCUT2D eigenvalue weighted by Gasteiger charge is -2.21. The van der Waals surface area contributed by atoms with Crippen LogP contribution in [0.3, 0.4) is 0 Å². The molecule has 1 unspecified atom stereocenters. The van der Waals surface area contributed by atoms with Crippen molar-refractivity contribution >= 4 is 55.1 Å². The highest BCUT2D eigenvalue weighted by atomic mass is 79.9. The van der Waals surface area contributed by atoms with Crippen LogP contribution in [0.2, 0.25) is 0 Å². The third-order valence-corrected chi connectivity index (χ3v) is 5.15. The van der Waals surface area contributed by atoms with Crippen LogP contribution in [0.1, 0.15) is 30.0 Å². The van der Waals surface area contributed by atoms with Gasteiger partial charge in [-0.2, -0.15) is 5.10 Å². The minimum atomic E-state index is -0.0903. The molecule has 0 aliphatic carbocycles. The van der Waals surface area contributed by atoms with E-state index in [9.17, 15) is 4.79 Å². The maximum atomic E-state index is 12.4. The predicted octanol–water partition coefficient (Wildman–Crippen LogP) is 5.52. The summed E-state index contributed by atoms with van der Waals surface area (Å²) in [5, 5.41) is 6.19. The van der Waals surface area contributed by atoms with E-state index in [1.807, 2.05) is 48.5 Å². The predicted molar refractivity (Wildman–Crippen MR) is 104 cm³/mol. The molecular weight excluding hydrogens is 455 g/mol. The summed E-state index contributed by atoms with van der Waals surface area (Å²) in [5.41, 5.74) is 3.01. The molecule has 1 amide bonds. The highest BCUT2D eigenvalue weighted by Gasteiger charge is 2.32. The van der Waals surface area contributed by atoms with Crippen LogP contribution >= 0.6 is 43.5 Å². The van der Waals surface area contributed by atoms with Crippen LogP contribution in [0.5, 0.6) is 0 Å². The molecule has 0 N–H and O–H groups in total. The average molecular weight is 471 g/mol. The van der Waals surface area contributed by atoms with Crippen LogP contribution in [0.25, 0.3) is 0 Å². The number of hydrazone groups is 1. The van der Waals surface area contributed by atoms with Gasteiger partial charge in [0.15, 0.2) is 0 Å². The quantitative estimate of drug-likeness (QED) is 0.542. The number of benzene rings is 2. The lowest BCUT2D eigenvalue weighted by atomic mass is 9.98. The summed E-state index contributed by atoms with van der Waals surface area (Å²) >= 11 is 12.6. The van der Waals surface area contributed by atoms with Gasteiger partial charge in [-0.15, -0.1) is 11.6 Å². The van der Waals surface area contributed by atoms with Crippen molar-refractivity contribution in [3.63, 3.8) is 0 Å². The lowest BCUT2D eigenvalue weighted by Crippen LogP contribution is -2.27. The van der Waals surface area contributed by atoms with Crippen LogP contribution in [0.4, 0.5) is 0 Å². The van der Waals surface area contributed by atoms with Crippen LogP contribution in [-0.2, 0) is 4.79 Å². The molecule has 2 aromatic rings. The molecule has 1 aliphatic rings. The molecular formula is C18H15Br2ClN2O. The molecule has 0 saturated heterocycles. The first-order chi connectivity index (χ1) is 11.6. The summed E-state index contributed by atoms with van der Waals surface area (Å²) in [4.78, 5) is 12.4. The standard InChI is InChI=1S/C18H15Br2ClN2O/c19-14-5-1-12(2-6-14)16-11-17(13-3-7-15(20)8-4-13)23(22-16)18(24)9-10-21/h1-8,17H,9-11H2. The zero-order valence-corrected chi connectivity index (χ0v) is 16.7. The highest BCUT2D eigenvalue weighted by molar-refractivity contribution is 9.10. The highest BCUT2D eigenvalue weighted by Crippen LogP contribution is 2.34. The van der Waals surface area contributed by atoms with E-state index >= 15 is 0 Å². The Morgan fingerprint density at radius 3 is 2.25 bits per heavy atom. The molecule has 3 nitrogen and oxygen atoms in total. The topological polar surface area (TPSA) is 32.7 Å². The molecule has 1 aliphatic heterocycles. The van der Waals surface area contributed by atoms with Gasteiger partial charge in [0.25, 0.3) is 0 Å². The molecule has 2 aromatic carbocycles. The number of rotatable bonds is 4. The number of hydrogen-bond donors (Lipinski definition) is 0. The van der Waals surface area contributed by atoms with E-state index in [1.165, 1.54) is 0 Å². The van der Waals surface area contributed by atoms with Gasteiger partial charge in [-0.3, -0.25) is 4.79 Å². The second-order valence-electron chi connectivity index (χ2n) is 5.50. The largest absolute Gasteiger partial charge is 0.273 e. The Morgan fingerprint density at radius 2 is 1.67 bits per heavy atom. The number of carbonyl (C=O) groups is 1. The summed E-state index contributed by atoms with van der Waals surface area (Å²) in [6.45, 7) is 0. The minimum absolute atomic E-state index is 0.0509. The first kappa shape index (κ1) is 17.6. The van der Waals surface area contributed by atoms with Crippen LogP contribution < -0.4 is 0 Å². The van der Waals surface area contributed by atoms with Crippen molar-refractivity contribution in [1.82, 2.24) is 5.01 Å². The van der Waals surface area contributed by atoms with E-state index < -0.39 is 0 Å². The Kier molecular flexibility index (Phi) is 5.74. The Labute approximate surface area is 162 Å². The second kappa shape index (κ2) is 7.81. The fourth-order valence-electron chi connectivity index (χ4n) is 2.70. The van der Waals surface area contributed by atoms with Crippen molar-refractivity contribution in [3.8, 4) is 0 Å². The normalized spacial score (nSPS) is 17.0. The molecule has 0 fully saturated rings. The summed E-state index contributed by atoms with van der Waals surface area (Å²) in [7, 11) is 0. The van der Waals surface area contributed by atoms with Crippen LogP contribution in [0, 0.1) is 0 Å². The summed E-state index contributed by atoms with van der Waals surface area (Å²) in [5.74, 6) is 0.246. The smallest absolute Gasteiger partial charge is 0.244 e. The van der Waals surface area contributed by atoms with E-state index in [4.69, 9.17) is 11.6 Å². The fourth-order valence-corrected chi connectivity index (χ4v) is 3.39. The van der Waals surface area contributed by atoms with E-state index in [2.05, 4.69) is 37.0 Å². The zero-order valence-electron chi connectivity index (χ0n) is 12.8. The number of amides is 1. The van der Waals surface area contributed by atoms with Gasteiger partial charge in [-0.1, -0.05) is 56.1 Å². The van der Waals surface area contributed by atoms with Gasteiger partial charge in [0, 0.05) is 27.7 Å².